The number of sulfonamides is 1. The summed E-state index contributed by atoms with van der Waals surface area (Å²) in [6, 6.07) is 5.20. The van der Waals surface area contributed by atoms with E-state index in [4.69, 9.17) is 0 Å². The van der Waals surface area contributed by atoms with Gasteiger partial charge in [-0.3, -0.25) is 4.79 Å². The second-order valence-corrected chi connectivity index (χ2v) is 5.85. The maximum Gasteiger partial charge on any atom is 0.321 e. The van der Waals surface area contributed by atoms with Gasteiger partial charge in [0.1, 0.15) is 12.4 Å². The minimum Gasteiger partial charge on any atom is -0.468 e. The Morgan fingerprint density at radius 2 is 1.89 bits per heavy atom. The normalized spacial score (nSPS) is 11.6. The minimum atomic E-state index is -3.63. The molecule has 5 nitrogen and oxygen atoms in total. The van der Waals surface area contributed by atoms with Crippen molar-refractivity contribution in [1.82, 2.24) is 4.31 Å². The zero-order valence-electron chi connectivity index (χ0n) is 10.8. The zero-order chi connectivity index (χ0) is 14.5. The standard InChI is InChI=1S/C12H16FNO4S/c1-3-14(8-12(15)18-2)19(16,17)9-10-4-6-11(13)7-5-10/h4-7H,3,8-9H2,1-2H3. The molecule has 1 aromatic rings. The highest BCUT2D eigenvalue weighted by atomic mass is 32.2. The van der Waals surface area contributed by atoms with Crippen LogP contribution in [0.3, 0.4) is 0 Å². The maximum absolute atomic E-state index is 12.7. The van der Waals surface area contributed by atoms with E-state index < -0.39 is 21.8 Å². The van der Waals surface area contributed by atoms with Crippen LogP contribution < -0.4 is 0 Å². The SMILES string of the molecule is CCN(CC(=O)OC)S(=O)(=O)Cc1ccc(F)cc1. The van der Waals surface area contributed by atoms with Crippen molar-refractivity contribution in [2.45, 2.75) is 12.7 Å². The number of nitrogens with zero attached hydrogens (tertiary/aromatic N) is 1. The lowest BCUT2D eigenvalue weighted by molar-refractivity contribution is -0.140. The first kappa shape index (κ1) is 15.6. The predicted octanol–water partition coefficient (Wildman–Crippen LogP) is 1.15. The lowest BCUT2D eigenvalue weighted by Crippen LogP contribution is -2.36. The van der Waals surface area contributed by atoms with Crippen molar-refractivity contribution in [3.05, 3.63) is 35.6 Å². The van der Waals surface area contributed by atoms with Crippen LogP contribution >= 0.6 is 0 Å². The van der Waals surface area contributed by atoms with E-state index in [2.05, 4.69) is 4.74 Å². The van der Waals surface area contributed by atoms with Gasteiger partial charge in [-0.25, -0.2) is 12.8 Å². The second-order valence-electron chi connectivity index (χ2n) is 3.88. The molecule has 1 rings (SSSR count). The first-order valence-electron chi connectivity index (χ1n) is 5.68. The van der Waals surface area contributed by atoms with Gasteiger partial charge in [0, 0.05) is 6.54 Å². The Bertz CT molecular complexity index is 527. The van der Waals surface area contributed by atoms with Crippen molar-refractivity contribution in [2.75, 3.05) is 20.2 Å². The van der Waals surface area contributed by atoms with E-state index in [1.165, 1.54) is 31.4 Å². The molecule has 0 heterocycles. The lowest BCUT2D eigenvalue weighted by Gasteiger charge is -2.19. The highest BCUT2D eigenvalue weighted by Gasteiger charge is 2.23. The van der Waals surface area contributed by atoms with Crippen molar-refractivity contribution in [1.29, 1.82) is 0 Å². The molecule has 0 saturated heterocycles. The highest BCUT2D eigenvalue weighted by molar-refractivity contribution is 7.88. The van der Waals surface area contributed by atoms with Gasteiger partial charge in [-0.2, -0.15) is 4.31 Å². The summed E-state index contributed by atoms with van der Waals surface area (Å²) in [6.45, 7) is 1.47. The van der Waals surface area contributed by atoms with Crippen LogP contribution in [-0.2, 0) is 25.3 Å². The van der Waals surface area contributed by atoms with E-state index in [1.807, 2.05) is 0 Å². The molecule has 106 valence electrons. The molecular formula is C12H16FNO4S. The largest absolute Gasteiger partial charge is 0.468 e. The molecule has 0 amide bonds. The third kappa shape index (κ3) is 4.60. The van der Waals surface area contributed by atoms with Crippen LogP contribution in [0, 0.1) is 5.82 Å². The van der Waals surface area contributed by atoms with Crippen LogP contribution in [0.25, 0.3) is 0 Å². The summed E-state index contributed by atoms with van der Waals surface area (Å²) in [7, 11) is -2.44. The smallest absolute Gasteiger partial charge is 0.321 e. The van der Waals surface area contributed by atoms with Gasteiger partial charge in [0.15, 0.2) is 0 Å². The van der Waals surface area contributed by atoms with Crippen LogP contribution in [0.2, 0.25) is 0 Å². The van der Waals surface area contributed by atoms with Gasteiger partial charge in [-0.05, 0) is 17.7 Å². The summed E-state index contributed by atoms with van der Waals surface area (Å²) in [5.41, 5.74) is 0.463. The quantitative estimate of drug-likeness (QED) is 0.737. The molecule has 0 bridgehead atoms. The number of likely N-dealkylation sites (N-methyl/N-ethyl adjacent to an activating group) is 1. The Kier molecular flexibility index (Phi) is 5.44. The van der Waals surface area contributed by atoms with Gasteiger partial charge in [0.05, 0.1) is 12.9 Å². The second kappa shape index (κ2) is 6.63. The van der Waals surface area contributed by atoms with Gasteiger partial charge in [0.2, 0.25) is 10.0 Å². The van der Waals surface area contributed by atoms with Crippen LogP contribution in [0.1, 0.15) is 12.5 Å². The molecular weight excluding hydrogens is 273 g/mol. The minimum absolute atomic E-state index is 0.165. The van der Waals surface area contributed by atoms with Gasteiger partial charge in [0.25, 0.3) is 0 Å². The van der Waals surface area contributed by atoms with Crippen molar-refractivity contribution >= 4 is 16.0 Å². The topological polar surface area (TPSA) is 63.7 Å². The molecule has 7 heteroatoms. The molecule has 0 aliphatic rings. The van der Waals surface area contributed by atoms with Crippen molar-refractivity contribution in [3.63, 3.8) is 0 Å². The van der Waals surface area contributed by atoms with Gasteiger partial charge < -0.3 is 4.74 Å². The molecule has 0 radical (unpaired) electrons. The number of methoxy groups -OCH3 is 1. The van der Waals surface area contributed by atoms with Crippen molar-refractivity contribution < 1.29 is 22.3 Å². The van der Waals surface area contributed by atoms with Crippen molar-refractivity contribution in [2.24, 2.45) is 0 Å². The van der Waals surface area contributed by atoms with Crippen LogP contribution in [0.15, 0.2) is 24.3 Å². The zero-order valence-corrected chi connectivity index (χ0v) is 11.6. The number of hydrogen-bond donors (Lipinski definition) is 0. The Labute approximate surface area is 112 Å². The van der Waals surface area contributed by atoms with E-state index >= 15 is 0 Å². The third-order valence-electron chi connectivity index (χ3n) is 2.54. The number of halogens is 1. The van der Waals surface area contributed by atoms with E-state index in [-0.39, 0.29) is 18.8 Å². The number of carbonyl (C=O) groups excluding carboxylic acids is 1. The monoisotopic (exact) mass is 289 g/mol. The maximum atomic E-state index is 12.7. The summed E-state index contributed by atoms with van der Waals surface area (Å²) in [4.78, 5) is 11.1. The summed E-state index contributed by atoms with van der Waals surface area (Å²) in [5.74, 6) is -1.33. The fourth-order valence-electron chi connectivity index (χ4n) is 1.50. The molecule has 1 aromatic carbocycles. The molecule has 0 aliphatic heterocycles. The molecule has 0 unspecified atom stereocenters. The third-order valence-corrected chi connectivity index (χ3v) is 4.41. The predicted molar refractivity (Wildman–Crippen MR) is 68.3 cm³/mol. The van der Waals surface area contributed by atoms with Crippen LogP contribution in [0.5, 0.6) is 0 Å². The number of rotatable bonds is 6. The molecule has 0 saturated carbocycles. The van der Waals surface area contributed by atoms with E-state index in [9.17, 15) is 17.6 Å². The average Bonchev–Trinajstić information content (AvgIpc) is 2.37. The highest BCUT2D eigenvalue weighted by Crippen LogP contribution is 2.11. The average molecular weight is 289 g/mol. The van der Waals surface area contributed by atoms with Crippen molar-refractivity contribution in [3.8, 4) is 0 Å². The number of benzene rings is 1. The fourth-order valence-corrected chi connectivity index (χ4v) is 2.99. The van der Waals surface area contributed by atoms with Gasteiger partial charge in [-0.15, -0.1) is 0 Å². The Morgan fingerprint density at radius 1 is 1.32 bits per heavy atom. The molecule has 0 fully saturated rings. The van der Waals surface area contributed by atoms with Crippen LogP contribution in [0.4, 0.5) is 4.39 Å². The van der Waals surface area contributed by atoms with Crippen LogP contribution in [-0.4, -0.2) is 38.9 Å². The summed E-state index contributed by atoms with van der Waals surface area (Å²) in [6.07, 6.45) is 0. The summed E-state index contributed by atoms with van der Waals surface area (Å²) < 4.78 is 42.4. The van der Waals surface area contributed by atoms with Gasteiger partial charge >= 0.3 is 5.97 Å². The Morgan fingerprint density at radius 3 is 2.37 bits per heavy atom. The van der Waals surface area contributed by atoms with E-state index in [0.717, 1.165) is 4.31 Å². The Balaban J connectivity index is 2.83. The molecule has 19 heavy (non-hydrogen) atoms. The Hall–Kier alpha value is -1.47. The molecule has 0 spiro atoms. The first-order chi connectivity index (χ1) is 8.89. The molecule has 0 aliphatic carbocycles. The van der Waals surface area contributed by atoms with E-state index in [1.54, 1.807) is 6.92 Å². The molecule has 0 atom stereocenters. The van der Waals surface area contributed by atoms with E-state index in [0.29, 0.717) is 5.56 Å². The molecule has 0 aromatic heterocycles. The fraction of sp³-hybridized carbons (Fsp3) is 0.417. The summed E-state index contributed by atoms with van der Waals surface area (Å²) in [5, 5.41) is 0. The summed E-state index contributed by atoms with van der Waals surface area (Å²) >= 11 is 0. The number of ether oxygens (including phenoxy) is 1. The molecule has 0 N–H and O–H groups in total. The van der Waals surface area contributed by atoms with Gasteiger partial charge in [-0.1, -0.05) is 19.1 Å². The first-order valence-corrected chi connectivity index (χ1v) is 7.29. The number of carbonyl (C=O) groups is 1. The lowest BCUT2D eigenvalue weighted by atomic mass is 10.2. The number of esters is 1. The number of hydrogen-bond acceptors (Lipinski definition) is 4.